The van der Waals surface area contributed by atoms with Gasteiger partial charge in [-0.2, -0.15) is 0 Å². The quantitative estimate of drug-likeness (QED) is 0.0762. The summed E-state index contributed by atoms with van der Waals surface area (Å²) in [5.74, 6) is 3.39. The van der Waals surface area contributed by atoms with Gasteiger partial charge in [-0.25, -0.2) is 4.79 Å². The highest BCUT2D eigenvalue weighted by molar-refractivity contribution is 5.90. The predicted molar refractivity (Wildman–Crippen MR) is 249 cm³/mol. The molecular weight excluding hydrogens is 835 g/mol. The molecule has 6 aliphatic rings. The normalized spacial score (nSPS) is 29.8. The van der Waals surface area contributed by atoms with Crippen molar-refractivity contribution < 1.29 is 49.4 Å². The number of carbonyl (C=O) groups is 3. The number of esters is 2. The molecule has 1 saturated carbocycles. The third-order valence-electron chi connectivity index (χ3n) is 15.0. The largest absolute Gasteiger partial charge is 0.507 e. The first-order valence-corrected chi connectivity index (χ1v) is 23.9. The number of rotatable bonds is 8. The maximum absolute atomic E-state index is 15.6. The number of anilines is 1. The van der Waals surface area contributed by atoms with Crippen molar-refractivity contribution in [1.29, 1.82) is 0 Å². The Kier molecular flexibility index (Phi) is 13.1. The molecule has 0 unspecified atom stereocenters. The molecule has 0 spiro atoms. The van der Waals surface area contributed by atoms with Gasteiger partial charge in [-0.15, -0.1) is 0 Å². The molecule has 9 bridgehead atoms. The highest BCUT2D eigenvalue weighted by atomic mass is 16.6. The number of aliphatic hydroxyl groups excluding tert-OH is 3. The van der Waals surface area contributed by atoms with E-state index >= 15 is 4.79 Å². The number of allylic oxidation sites excluding steroid dienone is 4. The van der Waals surface area contributed by atoms with Crippen LogP contribution in [0.15, 0.2) is 77.9 Å². The van der Waals surface area contributed by atoms with Gasteiger partial charge in [-0.3, -0.25) is 9.59 Å². The molecule has 11 heteroatoms. The topological polar surface area (TPSA) is 183 Å². The van der Waals surface area contributed by atoms with Gasteiger partial charge in [0.15, 0.2) is 0 Å². The number of ether oxygens (including phenoxy) is 2. The van der Waals surface area contributed by atoms with Gasteiger partial charge in [-0.05, 0) is 121 Å². The van der Waals surface area contributed by atoms with Gasteiger partial charge in [0.25, 0.3) is 0 Å². The fraction of sp³-hybridized carbons (Fsp3) is 0.473. The molecule has 0 radical (unpaired) electrons. The van der Waals surface area contributed by atoms with Crippen LogP contribution in [0.3, 0.4) is 0 Å². The number of aliphatic hydroxyl groups is 4. The Bertz CT molecular complexity index is 2580. The van der Waals surface area contributed by atoms with E-state index in [1.165, 1.54) is 0 Å². The minimum absolute atomic E-state index is 0.0131. The van der Waals surface area contributed by atoms with Gasteiger partial charge in [0, 0.05) is 65.9 Å². The summed E-state index contributed by atoms with van der Waals surface area (Å²) in [5.41, 5.74) is 5.41. The van der Waals surface area contributed by atoms with E-state index in [0.717, 1.165) is 16.7 Å². The van der Waals surface area contributed by atoms with Crippen LogP contribution in [0, 0.1) is 23.7 Å². The van der Waals surface area contributed by atoms with Crippen molar-refractivity contribution in [3.8, 4) is 23.3 Å². The lowest BCUT2D eigenvalue weighted by Gasteiger charge is -2.45. The van der Waals surface area contributed by atoms with E-state index < -0.39 is 53.6 Å². The van der Waals surface area contributed by atoms with Gasteiger partial charge in [0.05, 0.1) is 31.2 Å². The maximum atomic E-state index is 15.6. The number of fused-ring (bicyclic) bond motifs is 9. The third-order valence-corrected chi connectivity index (χ3v) is 15.0. The van der Waals surface area contributed by atoms with Gasteiger partial charge in [-0.1, -0.05) is 73.8 Å². The van der Waals surface area contributed by atoms with Gasteiger partial charge in [0.1, 0.15) is 29.0 Å². The summed E-state index contributed by atoms with van der Waals surface area (Å²) in [6.07, 6.45) is 8.62. The van der Waals surface area contributed by atoms with Crippen LogP contribution < -0.4 is 10.1 Å². The molecule has 0 aromatic heterocycles. The molecule has 0 saturated heterocycles. The summed E-state index contributed by atoms with van der Waals surface area (Å²) < 4.78 is 12.9. The first-order chi connectivity index (χ1) is 31.8. The number of phenols is 1. The van der Waals surface area contributed by atoms with Crippen molar-refractivity contribution in [2.24, 2.45) is 11.8 Å². The first kappa shape index (κ1) is 45.6. The molecule has 9 atom stereocenters. The van der Waals surface area contributed by atoms with Gasteiger partial charge in [0.2, 0.25) is 0 Å². The summed E-state index contributed by atoms with van der Waals surface area (Å²) in [5, 5.41) is 62.2. The fourth-order valence-electron chi connectivity index (χ4n) is 11.5. The van der Waals surface area contributed by atoms with Crippen molar-refractivity contribution in [1.82, 2.24) is 0 Å². The number of Topliss-reactive ketones (excluding diaryl/α,β-unsaturated/α-hetero) is 1. The standard InChI is InChI=1S/C55H61NO10/c1-3-17-55(64)42-14-16-47(59)40(22-42)19-32-9-10-34-13-15-44(48(60)26-39(34)18-32)46-24-36(38-20-33(30-57)21-43(23-38)56-29-31(2)58)11-12-37-28-50(61)66-53-45(37)25-41(27-49(55)65-54(46)63)52(62)51(53)35-7-5-4-6-8-35/h4-7,9-10,18,20-21,23,25,31,35-37,40,42,48-49,56-58,60,62,64H,3,8,13-17,19,22,24,26-30H2,1-2H3/b46-44-/t31-,35+,36-,37-,40-,42-,48+,49+,55-/m0/s1. The van der Waals surface area contributed by atoms with E-state index in [1.54, 1.807) is 19.1 Å². The molecule has 3 aliphatic carbocycles. The third kappa shape index (κ3) is 9.13. The predicted octanol–water partition coefficient (Wildman–Crippen LogP) is 7.23. The van der Waals surface area contributed by atoms with E-state index in [1.807, 2.05) is 43.4 Å². The van der Waals surface area contributed by atoms with E-state index in [9.17, 15) is 35.1 Å². The average molecular weight is 896 g/mol. The maximum Gasteiger partial charge on any atom is 0.334 e. The Morgan fingerprint density at radius 1 is 0.924 bits per heavy atom. The van der Waals surface area contributed by atoms with E-state index in [2.05, 4.69) is 35.4 Å². The second kappa shape index (κ2) is 19.0. The summed E-state index contributed by atoms with van der Waals surface area (Å²) in [4.78, 5) is 43.0. The minimum atomic E-state index is -1.64. The zero-order chi connectivity index (χ0) is 46.3. The molecule has 66 heavy (non-hydrogen) atoms. The number of carbonyl (C=O) groups excluding carboxylic acids is 3. The van der Waals surface area contributed by atoms with Crippen molar-refractivity contribution in [2.45, 2.75) is 146 Å². The van der Waals surface area contributed by atoms with Gasteiger partial charge < -0.3 is 40.3 Å². The Morgan fingerprint density at radius 3 is 2.53 bits per heavy atom. The summed E-state index contributed by atoms with van der Waals surface area (Å²) in [7, 11) is 0. The zero-order valence-corrected chi connectivity index (χ0v) is 37.9. The van der Waals surface area contributed by atoms with Gasteiger partial charge >= 0.3 is 11.9 Å². The monoisotopic (exact) mass is 895 g/mol. The van der Waals surface area contributed by atoms with Crippen LogP contribution in [0.5, 0.6) is 11.5 Å². The number of hydrogen-bond acceptors (Lipinski definition) is 11. The number of ketones is 1. The fourth-order valence-corrected chi connectivity index (χ4v) is 11.5. The highest BCUT2D eigenvalue weighted by Gasteiger charge is 2.50. The molecule has 9 rings (SSSR count). The number of aryl methyl sites for hydroxylation is 1. The Morgan fingerprint density at radius 2 is 1.76 bits per heavy atom. The van der Waals surface area contributed by atoms with E-state index in [0.29, 0.717) is 84.0 Å². The number of aromatic hydroxyl groups is 1. The Balaban J connectivity index is 1.31. The van der Waals surface area contributed by atoms with E-state index in [4.69, 9.17) is 9.47 Å². The summed E-state index contributed by atoms with van der Waals surface area (Å²) >= 11 is 0. The second-order valence-corrected chi connectivity index (χ2v) is 19.5. The van der Waals surface area contributed by atoms with Crippen LogP contribution in [-0.2, 0) is 51.4 Å². The molecule has 11 nitrogen and oxygen atoms in total. The zero-order valence-electron chi connectivity index (χ0n) is 37.9. The van der Waals surface area contributed by atoms with Crippen molar-refractivity contribution in [2.75, 3.05) is 11.9 Å². The van der Waals surface area contributed by atoms with Crippen LogP contribution in [0.1, 0.15) is 134 Å². The number of nitrogens with one attached hydrogen (secondary N) is 1. The van der Waals surface area contributed by atoms with Crippen molar-refractivity contribution in [3.63, 3.8) is 0 Å². The van der Waals surface area contributed by atoms with Crippen LogP contribution in [0.25, 0.3) is 0 Å². The minimum Gasteiger partial charge on any atom is -0.507 e. The van der Waals surface area contributed by atoms with Crippen molar-refractivity contribution in [3.05, 3.63) is 122 Å². The molecule has 346 valence electrons. The molecule has 0 amide bonds. The molecular formula is C55H61NO10. The number of phenolic OH excluding ortho intramolecular Hbond substituents is 1. The Labute approximate surface area is 386 Å². The average Bonchev–Trinajstić information content (AvgIpc) is 3.45. The number of hydrogen-bond donors (Lipinski definition) is 6. The lowest BCUT2D eigenvalue weighted by Crippen LogP contribution is -2.54. The smallest absolute Gasteiger partial charge is 0.334 e. The molecule has 6 N–H and O–H groups in total. The number of benzene rings is 3. The molecule has 3 aliphatic heterocycles. The lowest BCUT2D eigenvalue weighted by atomic mass is 9.66. The Hall–Kier alpha value is -5.51. The molecule has 1 fully saturated rings. The van der Waals surface area contributed by atoms with Crippen LogP contribution in [-0.4, -0.2) is 73.7 Å². The molecule has 3 heterocycles. The lowest BCUT2D eigenvalue weighted by molar-refractivity contribution is -0.176. The SMILES string of the molecule is CCC[C@]1(O)[C@H]2CCC(=O)[C@@H](Cc3ccc4c(c3)C[C@@H](O)/C(=C3/C[C@@H](c5cc(CO)cc(NC[C@H](C)O)c5)C#C[C@H]5CC(=O)Oc6c5cc(c(O)c6[C@@H]5C=CC=CC5)C[C@H]1OC3=O)CC4)C2. The van der Waals surface area contributed by atoms with Crippen LogP contribution in [0.4, 0.5) is 5.69 Å². The highest BCUT2D eigenvalue weighted by Crippen LogP contribution is 2.50. The molecule has 3 aromatic carbocycles. The molecule has 3 aromatic rings. The van der Waals surface area contributed by atoms with Crippen LogP contribution in [0.2, 0.25) is 0 Å². The first-order valence-electron chi connectivity index (χ1n) is 23.9. The van der Waals surface area contributed by atoms with E-state index in [-0.39, 0.29) is 86.4 Å². The van der Waals surface area contributed by atoms with Crippen LogP contribution >= 0.6 is 0 Å². The summed E-state index contributed by atoms with van der Waals surface area (Å²) in [6.45, 7) is 3.59. The second-order valence-electron chi connectivity index (χ2n) is 19.5. The summed E-state index contributed by atoms with van der Waals surface area (Å²) in [6, 6.07) is 13.5. The van der Waals surface area contributed by atoms with Crippen molar-refractivity contribution >= 4 is 23.4 Å².